The van der Waals surface area contributed by atoms with E-state index in [0.29, 0.717) is 18.6 Å². The van der Waals surface area contributed by atoms with E-state index in [0.717, 1.165) is 0 Å². The molecule has 0 aromatic rings. The Labute approximate surface area is 192 Å². The van der Waals surface area contributed by atoms with Gasteiger partial charge in [-0.05, 0) is 37.2 Å². The Hall–Kier alpha value is -2.54. The highest BCUT2D eigenvalue weighted by molar-refractivity contribution is 7.98. The minimum atomic E-state index is -1.15. The molecule has 0 aromatic carbocycles. The van der Waals surface area contributed by atoms with Crippen molar-refractivity contribution >= 4 is 41.4 Å². The number of guanidine groups is 1. The van der Waals surface area contributed by atoms with E-state index < -0.39 is 48.4 Å². The van der Waals surface area contributed by atoms with Crippen LogP contribution in [0.1, 0.15) is 39.5 Å². The van der Waals surface area contributed by atoms with Gasteiger partial charge in [0.05, 0.1) is 12.6 Å². The Morgan fingerprint density at radius 1 is 1.06 bits per heavy atom. The van der Waals surface area contributed by atoms with E-state index >= 15 is 0 Å². The molecule has 0 aliphatic rings. The van der Waals surface area contributed by atoms with Gasteiger partial charge < -0.3 is 38.3 Å². The molecule has 32 heavy (non-hydrogen) atoms. The normalized spacial score (nSPS) is 14.4. The second-order valence-electron chi connectivity index (χ2n) is 7.38. The number of amides is 3. The van der Waals surface area contributed by atoms with Crippen LogP contribution < -0.4 is 33.2 Å². The molecule has 0 aliphatic heterocycles. The van der Waals surface area contributed by atoms with Crippen LogP contribution in [0.4, 0.5) is 0 Å². The smallest absolute Gasteiger partial charge is 0.326 e. The molecule has 3 amide bonds. The van der Waals surface area contributed by atoms with E-state index in [9.17, 15) is 24.3 Å². The summed E-state index contributed by atoms with van der Waals surface area (Å²) in [6, 6.07) is -2.79. The summed E-state index contributed by atoms with van der Waals surface area (Å²) in [6.45, 7) is 3.56. The average Bonchev–Trinajstić information content (AvgIpc) is 2.75. The summed E-state index contributed by atoms with van der Waals surface area (Å²) < 4.78 is 0. The van der Waals surface area contributed by atoms with E-state index in [1.807, 2.05) is 20.1 Å². The number of hydrogen-bond donors (Lipinski definition) is 7. The second-order valence-corrected chi connectivity index (χ2v) is 8.36. The molecule has 0 rings (SSSR count). The number of carbonyl (C=O) groups excluding carboxylic acids is 3. The number of nitrogens with one attached hydrogen (secondary N) is 3. The van der Waals surface area contributed by atoms with Crippen LogP contribution in [0.5, 0.6) is 0 Å². The molecular formula is C19H37N7O5S. The van der Waals surface area contributed by atoms with Crippen molar-refractivity contribution in [3.05, 3.63) is 0 Å². The molecular weight excluding hydrogens is 438 g/mol. The zero-order chi connectivity index (χ0) is 24.7. The molecule has 12 nitrogen and oxygen atoms in total. The van der Waals surface area contributed by atoms with Crippen molar-refractivity contribution in [2.75, 3.05) is 25.1 Å². The third kappa shape index (κ3) is 12.3. The van der Waals surface area contributed by atoms with Gasteiger partial charge in [0.2, 0.25) is 17.7 Å². The number of aliphatic imine (C=N–C) groups is 1. The number of carboxylic acid groups (broad SMARTS) is 1. The van der Waals surface area contributed by atoms with Crippen LogP contribution in [0.3, 0.4) is 0 Å². The van der Waals surface area contributed by atoms with Gasteiger partial charge >= 0.3 is 5.97 Å². The summed E-state index contributed by atoms with van der Waals surface area (Å²) in [5.41, 5.74) is 16.5. The molecule has 4 atom stereocenters. The molecule has 4 unspecified atom stereocenters. The van der Waals surface area contributed by atoms with Gasteiger partial charge in [0.25, 0.3) is 0 Å². The first-order valence-electron chi connectivity index (χ1n) is 10.4. The van der Waals surface area contributed by atoms with Crippen molar-refractivity contribution in [3.8, 4) is 0 Å². The first-order chi connectivity index (χ1) is 15.0. The van der Waals surface area contributed by atoms with E-state index in [-0.39, 0.29) is 31.3 Å². The first kappa shape index (κ1) is 29.5. The summed E-state index contributed by atoms with van der Waals surface area (Å²) in [7, 11) is 0. The van der Waals surface area contributed by atoms with E-state index in [1.54, 1.807) is 0 Å². The molecule has 13 heteroatoms. The van der Waals surface area contributed by atoms with Crippen molar-refractivity contribution in [3.63, 3.8) is 0 Å². The average molecular weight is 476 g/mol. The lowest BCUT2D eigenvalue weighted by Gasteiger charge is -2.23. The van der Waals surface area contributed by atoms with Crippen molar-refractivity contribution in [1.82, 2.24) is 16.0 Å². The highest BCUT2D eigenvalue weighted by atomic mass is 32.2. The van der Waals surface area contributed by atoms with Crippen molar-refractivity contribution in [2.45, 2.75) is 57.7 Å². The predicted molar refractivity (Wildman–Crippen MR) is 125 cm³/mol. The monoisotopic (exact) mass is 475 g/mol. The minimum Gasteiger partial charge on any atom is -0.480 e. The molecule has 184 valence electrons. The van der Waals surface area contributed by atoms with Gasteiger partial charge in [0, 0.05) is 6.54 Å². The molecule has 0 aliphatic carbocycles. The number of carboxylic acids is 1. The maximum atomic E-state index is 12.6. The van der Waals surface area contributed by atoms with Crippen LogP contribution in [-0.2, 0) is 19.2 Å². The van der Waals surface area contributed by atoms with Crippen molar-refractivity contribution in [1.29, 1.82) is 0 Å². The van der Waals surface area contributed by atoms with Gasteiger partial charge in [0.15, 0.2) is 5.96 Å². The van der Waals surface area contributed by atoms with Crippen LogP contribution in [0.15, 0.2) is 4.99 Å². The van der Waals surface area contributed by atoms with Gasteiger partial charge in [-0.3, -0.25) is 19.4 Å². The van der Waals surface area contributed by atoms with Crippen LogP contribution in [0, 0.1) is 5.92 Å². The van der Waals surface area contributed by atoms with Crippen molar-refractivity contribution < 1.29 is 24.3 Å². The lowest BCUT2D eigenvalue weighted by Crippen LogP contribution is -2.54. The number of hydrogen-bond acceptors (Lipinski definition) is 7. The molecule has 0 spiro atoms. The van der Waals surface area contributed by atoms with Gasteiger partial charge in [0.1, 0.15) is 12.1 Å². The van der Waals surface area contributed by atoms with Gasteiger partial charge in [-0.15, -0.1) is 0 Å². The lowest BCUT2D eigenvalue weighted by atomic mass is 9.98. The van der Waals surface area contributed by atoms with Crippen molar-refractivity contribution in [2.24, 2.45) is 28.1 Å². The number of nitrogens with zero attached hydrogens (tertiary/aromatic N) is 1. The lowest BCUT2D eigenvalue weighted by molar-refractivity contribution is -0.141. The Bertz CT molecular complexity index is 658. The summed E-state index contributed by atoms with van der Waals surface area (Å²) in [4.78, 5) is 52.2. The summed E-state index contributed by atoms with van der Waals surface area (Å²) in [6.07, 6.45) is 3.39. The van der Waals surface area contributed by atoms with E-state index in [4.69, 9.17) is 17.2 Å². The third-order valence-corrected chi connectivity index (χ3v) is 5.45. The fourth-order valence-electron chi connectivity index (χ4n) is 2.58. The topological polar surface area (TPSA) is 215 Å². The van der Waals surface area contributed by atoms with Crippen LogP contribution >= 0.6 is 11.8 Å². The number of carbonyl (C=O) groups is 4. The number of aliphatic carboxylic acids is 1. The highest BCUT2D eigenvalue weighted by Crippen LogP contribution is 2.07. The maximum Gasteiger partial charge on any atom is 0.326 e. The summed E-state index contributed by atoms with van der Waals surface area (Å²) >= 11 is 1.46. The first-order valence-corrected chi connectivity index (χ1v) is 11.8. The highest BCUT2D eigenvalue weighted by Gasteiger charge is 2.26. The molecule has 10 N–H and O–H groups in total. The zero-order valence-corrected chi connectivity index (χ0v) is 19.7. The Morgan fingerprint density at radius 3 is 2.25 bits per heavy atom. The van der Waals surface area contributed by atoms with Gasteiger partial charge in [-0.2, -0.15) is 11.8 Å². The largest absolute Gasteiger partial charge is 0.480 e. The third-order valence-electron chi connectivity index (χ3n) is 4.81. The number of rotatable bonds is 16. The molecule has 0 heterocycles. The van der Waals surface area contributed by atoms with Gasteiger partial charge in [-0.25, -0.2) is 4.79 Å². The fraction of sp³-hybridized carbons (Fsp3) is 0.737. The molecule has 0 aromatic heterocycles. The number of thioether (sulfide) groups is 1. The fourth-order valence-corrected chi connectivity index (χ4v) is 3.05. The molecule has 0 radical (unpaired) electrons. The molecule has 0 bridgehead atoms. The summed E-state index contributed by atoms with van der Waals surface area (Å²) in [5.74, 6) is -2.47. The van der Waals surface area contributed by atoms with E-state index in [2.05, 4.69) is 20.9 Å². The van der Waals surface area contributed by atoms with Crippen LogP contribution in [-0.4, -0.2) is 78.0 Å². The Kier molecular flexibility index (Phi) is 14.9. The van der Waals surface area contributed by atoms with Crippen LogP contribution in [0.2, 0.25) is 0 Å². The second kappa shape index (κ2) is 16.1. The van der Waals surface area contributed by atoms with Crippen LogP contribution in [0.25, 0.3) is 0 Å². The minimum absolute atomic E-state index is 0.0830. The molecule has 0 saturated heterocycles. The Balaban J connectivity index is 4.98. The SMILES string of the molecule is CCC(C)C(N)C(=O)NC(CCCN=C(N)N)C(=O)NCC(=O)NC(CCSC)C(=O)O. The quantitative estimate of drug-likeness (QED) is 0.0771. The zero-order valence-electron chi connectivity index (χ0n) is 18.9. The molecule has 0 fully saturated rings. The standard InChI is InChI=1S/C19H37N7O5S/c1-4-11(2)15(20)17(29)26-12(6-5-8-23-19(21)22)16(28)24-10-14(27)25-13(18(30)31)7-9-32-3/h11-13,15H,4-10,20H2,1-3H3,(H,24,28)(H,25,27)(H,26,29)(H,30,31)(H4,21,22,23). The molecule has 0 saturated carbocycles. The number of nitrogens with two attached hydrogens (primary N) is 3. The predicted octanol–water partition coefficient (Wildman–Crippen LogP) is -1.66. The maximum absolute atomic E-state index is 12.6. The van der Waals surface area contributed by atoms with E-state index in [1.165, 1.54) is 11.8 Å². The summed E-state index contributed by atoms with van der Waals surface area (Å²) in [5, 5.41) is 16.6. The Morgan fingerprint density at radius 2 is 1.72 bits per heavy atom. The van der Waals surface area contributed by atoms with Gasteiger partial charge in [-0.1, -0.05) is 20.3 Å².